The second kappa shape index (κ2) is 5.72. The number of nitrogens with one attached hydrogen (secondary N) is 1. The summed E-state index contributed by atoms with van der Waals surface area (Å²) in [6, 6.07) is 5.40. The first-order chi connectivity index (χ1) is 7.54. The SMILES string of the molecule is CN(C)c1ccc(NC(=O)CCN)cc1Cl. The smallest absolute Gasteiger partial charge is 0.225 e. The molecule has 0 spiro atoms. The molecular formula is C11H16ClN3O. The van der Waals surface area contributed by atoms with E-state index in [-0.39, 0.29) is 5.91 Å². The number of carbonyl (C=O) groups excluding carboxylic acids is 1. The fraction of sp³-hybridized carbons (Fsp3) is 0.364. The quantitative estimate of drug-likeness (QED) is 0.844. The minimum atomic E-state index is -0.101. The van der Waals surface area contributed by atoms with Crippen molar-refractivity contribution in [1.82, 2.24) is 0 Å². The molecule has 0 bridgehead atoms. The predicted molar refractivity (Wildman–Crippen MR) is 68.1 cm³/mol. The fourth-order valence-electron chi connectivity index (χ4n) is 1.30. The third-order valence-corrected chi connectivity index (χ3v) is 2.39. The third-order valence-electron chi connectivity index (χ3n) is 2.08. The van der Waals surface area contributed by atoms with Gasteiger partial charge in [-0.15, -0.1) is 0 Å². The fourth-order valence-corrected chi connectivity index (χ4v) is 1.65. The van der Waals surface area contributed by atoms with Crippen LogP contribution in [0, 0.1) is 0 Å². The van der Waals surface area contributed by atoms with Gasteiger partial charge in [-0.05, 0) is 18.2 Å². The summed E-state index contributed by atoms with van der Waals surface area (Å²) in [5.41, 5.74) is 6.89. The van der Waals surface area contributed by atoms with E-state index >= 15 is 0 Å². The summed E-state index contributed by atoms with van der Waals surface area (Å²) in [5.74, 6) is -0.101. The average molecular weight is 242 g/mol. The van der Waals surface area contributed by atoms with Crippen LogP contribution in [-0.4, -0.2) is 26.5 Å². The van der Waals surface area contributed by atoms with E-state index in [1.807, 2.05) is 31.1 Å². The number of hydrogen-bond acceptors (Lipinski definition) is 3. The Morgan fingerprint density at radius 1 is 1.50 bits per heavy atom. The zero-order valence-corrected chi connectivity index (χ0v) is 10.2. The van der Waals surface area contributed by atoms with Gasteiger partial charge in [0.1, 0.15) is 0 Å². The lowest BCUT2D eigenvalue weighted by atomic mass is 10.2. The van der Waals surface area contributed by atoms with Gasteiger partial charge in [-0.25, -0.2) is 0 Å². The van der Waals surface area contributed by atoms with Crippen LogP contribution in [0.15, 0.2) is 18.2 Å². The zero-order valence-electron chi connectivity index (χ0n) is 9.46. The number of benzene rings is 1. The van der Waals surface area contributed by atoms with Gasteiger partial charge >= 0.3 is 0 Å². The monoisotopic (exact) mass is 241 g/mol. The molecule has 1 aromatic carbocycles. The molecule has 4 nitrogen and oxygen atoms in total. The lowest BCUT2D eigenvalue weighted by Gasteiger charge is -2.15. The van der Waals surface area contributed by atoms with E-state index in [0.717, 1.165) is 5.69 Å². The lowest BCUT2D eigenvalue weighted by molar-refractivity contribution is -0.116. The highest BCUT2D eigenvalue weighted by molar-refractivity contribution is 6.33. The molecule has 16 heavy (non-hydrogen) atoms. The van der Waals surface area contributed by atoms with E-state index in [2.05, 4.69) is 5.32 Å². The first-order valence-corrected chi connectivity index (χ1v) is 5.39. The predicted octanol–water partition coefficient (Wildman–Crippen LogP) is 1.69. The van der Waals surface area contributed by atoms with Crippen LogP contribution in [-0.2, 0) is 4.79 Å². The van der Waals surface area contributed by atoms with Crippen LogP contribution >= 0.6 is 11.6 Å². The van der Waals surface area contributed by atoms with Crippen molar-refractivity contribution in [3.63, 3.8) is 0 Å². The molecule has 0 unspecified atom stereocenters. The van der Waals surface area contributed by atoms with Crippen molar-refractivity contribution >= 4 is 28.9 Å². The molecule has 1 aromatic rings. The Balaban J connectivity index is 2.77. The highest BCUT2D eigenvalue weighted by Gasteiger charge is 2.05. The molecule has 0 saturated carbocycles. The Morgan fingerprint density at radius 3 is 2.69 bits per heavy atom. The Bertz CT molecular complexity index is 379. The number of hydrogen-bond donors (Lipinski definition) is 2. The van der Waals surface area contributed by atoms with Gasteiger partial charge in [0, 0.05) is 32.7 Å². The van der Waals surface area contributed by atoms with Gasteiger partial charge in [-0.2, -0.15) is 0 Å². The number of halogens is 1. The topological polar surface area (TPSA) is 58.4 Å². The number of anilines is 2. The maximum Gasteiger partial charge on any atom is 0.225 e. The van der Waals surface area contributed by atoms with Gasteiger partial charge < -0.3 is 16.0 Å². The maximum absolute atomic E-state index is 11.3. The summed E-state index contributed by atoms with van der Waals surface area (Å²) in [5, 5.41) is 3.33. The summed E-state index contributed by atoms with van der Waals surface area (Å²) in [4.78, 5) is 13.2. The van der Waals surface area contributed by atoms with Crippen molar-refractivity contribution in [1.29, 1.82) is 0 Å². The molecule has 0 fully saturated rings. The minimum Gasteiger partial charge on any atom is -0.376 e. The molecule has 1 rings (SSSR count). The first-order valence-electron chi connectivity index (χ1n) is 5.01. The molecule has 0 aliphatic rings. The van der Waals surface area contributed by atoms with Crippen molar-refractivity contribution in [2.75, 3.05) is 30.9 Å². The van der Waals surface area contributed by atoms with Gasteiger partial charge in [0.25, 0.3) is 0 Å². The van der Waals surface area contributed by atoms with Crippen LogP contribution in [0.3, 0.4) is 0 Å². The Morgan fingerprint density at radius 2 is 2.19 bits per heavy atom. The summed E-state index contributed by atoms with van der Waals surface area (Å²) >= 11 is 6.07. The summed E-state index contributed by atoms with van der Waals surface area (Å²) in [6.07, 6.45) is 0.313. The van der Waals surface area contributed by atoms with E-state index in [1.165, 1.54) is 0 Å². The second-order valence-corrected chi connectivity index (χ2v) is 4.05. The summed E-state index contributed by atoms with van der Waals surface area (Å²) in [7, 11) is 3.82. The molecule has 0 saturated heterocycles. The van der Waals surface area contributed by atoms with Crippen LogP contribution in [0.5, 0.6) is 0 Å². The third kappa shape index (κ3) is 3.40. The number of nitrogens with two attached hydrogens (primary N) is 1. The van der Waals surface area contributed by atoms with Gasteiger partial charge in [-0.3, -0.25) is 4.79 Å². The van der Waals surface area contributed by atoms with Crippen molar-refractivity contribution in [3.8, 4) is 0 Å². The highest BCUT2D eigenvalue weighted by atomic mass is 35.5. The number of rotatable bonds is 4. The molecule has 0 radical (unpaired) electrons. The van der Waals surface area contributed by atoms with Gasteiger partial charge in [0.05, 0.1) is 10.7 Å². The molecule has 0 aliphatic heterocycles. The normalized spacial score (nSPS) is 10.0. The van der Waals surface area contributed by atoms with Crippen molar-refractivity contribution in [3.05, 3.63) is 23.2 Å². The molecule has 0 heterocycles. The van der Waals surface area contributed by atoms with E-state index in [4.69, 9.17) is 17.3 Å². The zero-order chi connectivity index (χ0) is 12.1. The molecule has 1 amide bonds. The Hall–Kier alpha value is -1.26. The van der Waals surface area contributed by atoms with Crippen LogP contribution < -0.4 is 16.0 Å². The van der Waals surface area contributed by atoms with Gasteiger partial charge in [0.2, 0.25) is 5.91 Å². The maximum atomic E-state index is 11.3. The lowest BCUT2D eigenvalue weighted by Crippen LogP contribution is -2.16. The number of amides is 1. The van der Waals surface area contributed by atoms with Crippen molar-refractivity contribution in [2.45, 2.75) is 6.42 Å². The standard InChI is InChI=1S/C11H16ClN3O/c1-15(2)10-4-3-8(7-9(10)12)14-11(16)5-6-13/h3-4,7H,5-6,13H2,1-2H3,(H,14,16). The van der Waals surface area contributed by atoms with E-state index in [0.29, 0.717) is 23.7 Å². The van der Waals surface area contributed by atoms with E-state index in [1.54, 1.807) is 6.07 Å². The molecule has 0 atom stereocenters. The van der Waals surface area contributed by atoms with E-state index < -0.39 is 0 Å². The first kappa shape index (κ1) is 12.8. The highest BCUT2D eigenvalue weighted by Crippen LogP contribution is 2.27. The van der Waals surface area contributed by atoms with Crippen LogP contribution in [0.1, 0.15) is 6.42 Å². The van der Waals surface area contributed by atoms with Gasteiger partial charge in [0.15, 0.2) is 0 Å². The molecule has 0 aliphatic carbocycles. The molecule has 0 aromatic heterocycles. The number of nitrogens with zero attached hydrogens (tertiary/aromatic N) is 1. The second-order valence-electron chi connectivity index (χ2n) is 3.65. The van der Waals surface area contributed by atoms with Crippen LogP contribution in [0.4, 0.5) is 11.4 Å². The van der Waals surface area contributed by atoms with E-state index in [9.17, 15) is 4.79 Å². The Kier molecular flexibility index (Phi) is 4.58. The molecular weight excluding hydrogens is 226 g/mol. The average Bonchev–Trinajstić information content (AvgIpc) is 2.17. The molecule has 88 valence electrons. The Labute approximate surface area is 100 Å². The van der Waals surface area contributed by atoms with Crippen molar-refractivity contribution < 1.29 is 4.79 Å². The minimum absolute atomic E-state index is 0.101. The van der Waals surface area contributed by atoms with Gasteiger partial charge in [-0.1, -0.05) is 11.6 Å². The largest absolute Gasteiger partial charge is 0.376 e. The summed E-state index contributed by atoms with van der Waals surface area (Å²) < 4.78 is 0. The van der Waals surface area contributed by atoms with Crippen LogP contribution in [0.25, 0.3) is 0 Å². The molecule has 5 heteroatoms. The summed E-state index contributed by atoms with van der Waals surface area (Å²) in [6.45, 7) is 0.343. The molecule has 3 N–H and O–H groups in total. The van der Waals surface area contributed by atoms with Crippen molar-refractivity contribution in [2.24, 2.45) is 5.73 Å². The van der Waals surface area contributed by atoms with Crippen LogP contribution in [0.2, 0.25) is 5.02 Å². The number of carbonyl (C=O) groups is 1.